The van der Waals surface area contributed by atoms with E-state index in [1.807, 2.05) is 12.1 Å². The van der Waals surface area contributed by atoms with Crippen LogP contribution in [0.2, 0.25) is 5.02 Å². The third kappa shape index (κ3) is 4.70. The molecule has 1 heterocycles. The number of benzene rings is 2. The first kappa shape index (κ1) is 16.7. The van der Waals surface area contributed by atoms with E-state index < -0.39 is 0 Å². The minimum atomic E-state index is -0.176. The molecule has 1 unspecified atom stereocenters. The Labute approximate surface area is 146 Å². The lowest BCUT2D eigenvalue weighted by Crippen LogP contribution is -2.24. The van der Waals surface area contributed by atoms with E-state index >= 15 is 0 Å². The van der Waals surface area contributed by atoms with E-state index in [-0.39, 0.29) is 12.1 Å². The molecule has 0 bridgehead atoms. The number of allylic oxidation sites excluding steroid dienone is 1. The average Bonchev–Trinajstić information content (AvgIpc) is 2.62. The van der Waals surface area contributed by atoms with E-state index in [4.69, 9.17) is 21.1 Å². The fourth-order valence-electron chi connectivity index (χ4n) is 2.50. The molecule has 124 valence electrons. The van der Waals surface area contributed by atoms with E-state index in [1.165, 1.54) is 0 Å². The molecule has 2 aromatic rings. The standard InChI is InChI=1S/C20H19ClO3/c21-17-9-4-15(5-10-17)6-13-19(22)16-7-11-18(12-8-16)24-20-3-1-2-14-23-20/h4-13,20H,1-3,14H2/b13-6+. The summed E-state index contributed by atoms with van der Waals surface area (Å²) in [6.07, 6.45) is 6.28. The van der Waals surface area contributed by atoms with Crippen LogP contribution in [0.3, 0.4) is 0 Å². The summed E-state index contributed by atoms with van der Waals surface area (Å²) in [5.41, 5.74) is 1.55. The number of carbonyl (C=O) groups is 1. The van der Waals surface area contributed by atoms with E-state index in [0.29, 0.717) is 10.6 Å². The highest BCUT2D eigenvalue weighted by atomic mass is 35.5. The Hall–Kier alpha value is -2.10. The molecule has 0 aliphatic carbocycles. The molecule has 0 aromatic heterocycles. The zero-order chi connectivity index (χ0) is 16.8. The summed E-state index contributed by atoms with van der Waals surface area (Å²) in [7, 11) is 0. The van der Waals surface area contributed by atoms with Crippen molar-refractivity contribution < 1.29 is 14.3 Å². The van der Waals surface area contributed by atoms with Gasteiger partial charge in [0.2, 0.25) is 0 Å². The summed E-state index contributed by atoms with van der Waals surface area (Å²) in [6, 6.07) is 14.5. The molecule has 1 atom stereocenters. The highest BCUT2D eigenvalue weighted by molar-refractivity contribution is 6.30. The molecule has 1 aliphatic heterocycles. The fraction of sp³-hybridized carbons (Fsp3) is 0.250. The molecule has 0 amide bonds. The predicted molar refractivity (Wildman–Crippen MR) is 95.5 cm³/mol. The lowest BCUT2D eigenvalue weighted by molar-refractivity contribution is -0.105. The van der Waals surface area contributed by atoms with Crippen LogP contribution in [0.5, 0.6) is 5.75 Å². The minimum absolute atomic E-state index is 0.0505. The van der Waals surface area contributed by atoms with Gasteiger partial charge in [0.25, 0.3) is 0 Å². The summed E-state index contributed by atoms with van der Waals surface area (Å²) >= 11 is 5.84. The molecule has 0 saturated carbocycles. The maximum absolute atomic E-state index is 12.2. The monoisotopic (exact) mass is 342 g/mol. The zero-order valence-electron chi connectivity index (χ0n) is 13.3. The Morgan fingerprint density at radius 3 is 2.50 bits per heavy atom. The summed E-state index contributed by atoms with van der Waals surface area (Å²) in [4.78, 5) is 12.2. The van der Waals surface area contributed by atoms with Gasteiger partial charge in [-0.05, 0) is 60.9 Å². The molecule has 0 N–H and O–H groups in total. The van der Waals surface area contributed by atoms with Crippen LogP contribution >= 0.6 is 11.6 Å². The van der Waals surface area contributed by atoms with Gasteiger partial charge in [0.1, 0.15) is 5.75 Å². The quantitative estimate of drug-likeness (QED) is 0.557. The van der Waals surface area contributed by atoms with Gasteiger partial charge in [-0.3, -0.25) is 4.79 Å². The number of ketones is 1. The van der Waals surface area contributed by atoms with Gasteiger partial charge in [-0.1, -0.05) is 29.8 Å². The van der Waals surface area contributed by atoms with Crippen LogP contribution < -0.4 is 4.74 Å². The topological polar surface area (TPSA) is 35.5 Å². The third-order valence-corrected chi connectivity index (χ3v) is 4.09. The maximum Gasteiger partial charge on any atom is 0.199 e. The van der Waals surface area contributed by atoms with Gasteiger partial charge < -0.3 is 9.47 Å². The number of ether oxygens (including phenoxy) is 2. The molecule has 1 saturated heterocycles. The first-order chi connectivity index (χ1) is 11.7. The lowest BCUT2D eigenvalue weighted by Gasteiger charge is -2.23. The molecular formula is C20H19ClO3. The Morgan fingerprint density at radius 1 is 1.08 bits per heavy atom. The molecular weight excluding hydrogens is 324 g/mol. The first-order valence-corrected chi connectivity index (χ1v) is 8.45. The first-order valence-electron chi connectivity index (χ1n) is 8.07. The molecule has 1 aliphatic rings. The number of rotatable bonds is 5. The second-order valence-electron chi connectivity index (χ2n) is 5.69. The zero-order valence-corrected chi connectivity index (χ0v) is 14.0. The Morgan fingerprint density at radius 2 is 1.83 bits per heavy atom. The van der Waals surface area contributed by atoms with Gasteiger partial charge in [0.15, 0.2) is 12.1 Å². The van der Waals surface area contributed by atoms with Crippen LogP contribution in [-0.2, 0) is 4.74 Å². The summed E-state index contributed by atoms with van der Waals surface area (Å²) in [6.45, 7) is 0.747. The van der Waals surface area contributed by atoms with E-state index in [1.54, 1.807) is 48.6 Å². The Balaban J connectivity index is 1.59. The maximum atomic E-state index is 12.2. The van der Waals surface area contributed by atoms with Crippen molar-refractivity contribution >= 4 is 23.5 Å². The smallest absolute Gasteiger partial charge is 0.199 e. The van der Waals surface area contributed by atoms with E-state index in [9.17, 15) is 4.79 Å². The van der Waals surface area contributed by atoms with Gasteiger partial charge in [-0.15, -0.1) is 0 Å². The third-order valence-electron chi connectivity index (χ3n) is 3.84. The SMILES string of the molecule is O=C(/C=C/c1ccc(Cl)cc1)c1ccc(OC2CCCCO2)cc1. The summed E-state index contributed by atoms with van der Waals surface area (Å²) < 4.78 is 11.3. The van der Waals surface area contributed by atoms with Crippen molar-refractivity contribution in [3.63, 3.8) is 0 Å². The highest BCUT2D eigenvalue weighted by Gasteiger charge is 2.15. The summed E-state index contributed by atoms with van der Waals surface area (Å²) in [5.74, 6) is 0.672. The molecule has 0 radical (unpaired) electrons. The minimum Gasteiger partial charge on any atom is -0.465 e. The van der Waals surface area contributed by atoms with Gasteiger partial charge >= 0.3 is 0 Å². The van der Waals surface area contributed by atoms with Gasteiger partial charge in [-0.25, -0.2) is 0 Å². The predicted octanol–water partition coefficient (Wildman–Crippen LogP) is 5.14. The molecule has 3 nitrogen and oxygen atoms in total. The van der Waals surface area contributed by atoms with Crippen molar-refractivity contribution in [2.75, 3.05) is 6.61 Å². The van der Waals surface area contributed by atoms with Crippen LogP contribution in [0.1, 0.15) is 35.2 Å². The van der Waals surface area contributed by atoms with Crippen LogP contribution in [0, 0.1) is 0 Å². The lowest BCUT2D eigenvalue weighted by atomic mass is 10.1. The molecule has 3 rings (SSSR count). The van der Waals surface area contributed by atoms with Crippen LogP contribution in [0.25, 0.3) is 6.08 Å². The van der Waals surface area contributed by atoms with Crippen LogP contribution in [0.15, 0.2) is 54.6 Å². The van der Waals surface area contributed by atoms with Gasteiger partial charge in [0.05, 0.1) is 6.61 Å². The van der Waals surface area contributed by atoms with Crippen molar-refractivity contribution in [2.24, 2.45) is 0 Å². The molecule has 2 aromatic carbocycles. The van der Waals surface area contributed by atoms with Crippen molar-refractivity contribution in [1.82, 2.24) is 0 Å². The molecule has 1 fully saturated rings. The van der Waals surface area contributed by atoms with Crippen molar-refractivity contribution in [3.8, 4) is 5.75 Å². The van der Waals surface area contributed by atoms with Crippen molar-refractivity contribution in [3.05, 3.63) is 70.8 Å². The van der Waals surface area contributed by atoms with Crippen molar-refractivity contribution in [1.29, 1.82) is 0 Å². The van der Waals surface area contributed by atoms with Crippen LogP contribution in [0.4, 0.5) is 0 Å². The average molecular weight is 343 g/mol. The van der Waals surface area contributed by atoms with E-state index in [0.717, 1.165) is 37.2 Å². The van der Waals surface area contributed by atoms with Gasteiger partial charge in [0, 0.05) is 17.0 Å². The number of hydrogen-bond acceptors (Lipinski definition) is 3. The Bertz CT molecular complexity index is 699. The van der Waals surface area contributed by atoms with Crippen LogP contribution in [-0.4, -0.2) is 18.7 Å². The largest absolute Gasteiger partial charge is 0.465 e. The van der Waals surface area contributed by atoms with E-state index in [2.05, 4.69) is 0 Å². The number of carbonyl (C=O) groups excluding carboxylic acids is 1. The molecule has 0 spiro atoms. The fourth-order valence-corrected chi connectivity index (χ4v) is 2.62. The molecule has 24 heavy (non-hydrogen) atoms. The van der Waals surface area contributed by atoms with Crippen molar-refractivity contribution in [2.45, 2.75) is 25.6 Å². The molecule has 4 heteroatoms. The Kier molecular flexibility index (Phi) is 5.68. The highest BCUT2D eigenvalue weighted by Crippen LogP contribution is 2.20. The summed E-state index contributed by atoms with van der Waals surface area (Å²) in [5, 5.41) is 0.677. The second-order valence-corrected chi connectivity index (χ2v) is 6.12. The van der Waals surface area contributed by atoms with Gasteiger partial charge in [-0.2, -0.15) is 0 Å². The number of halogens is 1. The normalized spacial score (nSPS) is 17.8. The second kappa shape index (κ2) is 8.13. The number of hydrogen-bond donors (Lipinski definition) is 0.